The van der Waals surface area contributed by atoms with E-state index in [1.54, 1.807) is 0 Å². The SMILES string of the molecule is CC(=O)OCC(COC(C)=O)OC(C)=O.CC(=O)OCC(COCC(CO)OC(C)=O)OC(C)=O. The van der Waals surface area contributed by atoms with Crippen molar-refractivity contribution in [3.05, 3.63) is 0 Å². The topological polar surface area (TPSA) is 187 Å². The summed E-state index contributed by atoms with van der Waals surface area (Å²) in [6.07, 6.45) is -2.30. The van der Waals surface area contributed by atoms with Gasteiger partial charge >= 0.3 is 35.8 Å². The van der Waals surface area contributed by atoms with Crippen molar-refractivity contribution < 1.29 is 67.0 Å². The number of esters is 6. The minimum atomic E-state index is -0.792. The molecule has 0 amide bonds. The van der Waals surface area contributed by atoms with Crippen LogP contribution in [0.3, 0.4) is 0 Å². The predicted octanol–water partition coefficient (Wildman–Crippen LogP) is -0.534. The van der Waals surface area contributed by atoms with Gasteiger partial charge in [0, 0.05) is 41.5 Å². The normalized spacial score (nSPS) is 11.7. The second-order valence-corrected chi connectivity index (χ2v) is 6.82. The van der Waals surface area contributed by atoms with Gasteiger partial charge in [-0.2, -0.15) is 0 Å². The number of aliphatic hydroxyl groups excluding tert-OH is 1. The number of hydrogen-bond acceptors (Lipinski definition) is 14. The average Bonchev–Trinajstić information content (AvgIpc) is 2.72. The van der Waals surface area contributed by atoms with Crippen LogP contribution in [0.2, 0.25) is 0 Å². The van der Waals surface area contributed by atoms with Crippen molar-refractivity contribution in [3.8, 4) is 0 Å². The molecule has 202 valence electrons. The number of rotatable bonds is 14. The quantitative estimate of drug-likeness (QED) is 0.232. The number of carbonyl (C=O) groups excluding carboxylic acids is 6. The monoisotopic (exact) mass is 510 g/mol. The summed E-state index contributed by atoms with van der Waals surface area (Å²) in [5, 5.41) is 8.95. The van der Waals surface area contributed by atoms with E-state index < -0.39 is 54.1 Å². The molecule has 14 heteroatoms. The van der Waals surface area contributed by atoms with Crippen LogP contribution in [-0.2, 0) is 61.9 Å². The standard InChI is InChI=1S/C12H20O8.C9H14O6/c1-8(14)18-7-12(20-10(3)16)6-17-5-11(4-13)19-9(2)15;1-6(10)13-4-9(15-8(3)12)5-14-7(2)11/h11-13H,4-7H2,1-3H3;9H,4-5H2,1-3H3. The van der Waals surface area contributed by atoms with Gasteiger partial charge in [0.05, 0.1) is 19.8 Å². The maximum atomic E-state index is 10.9. The first-order valence-corrected chi connectivity index (χ1v) is 10.4. The zero-order valence-electron chi connectivity index (χ0n) is 20.7. The summed E-state index contributed by atoms with van der Waals surface area (Å²) in [7, 11) is 0. The first-order valence-electron chi connectivity index (χ1n) is 10.4. The Bertz CT molecular complexity index is 672. The van der Waals surface area contributed by atoms with Crippen molar-refractivity contribution in [1.82, 2.24) is 0 Å². The van der Waals surface area contributed by atoms with Crippen molar-refractivity contribution >= 4 is 35.8 Å². The van der Waals surface area contributed by atoms with Gasteiger partial charge in [-0.3, -0.25) is 28.8 Å². The van der Waals surface area contributed by atoms with Crippen molar-refractivity contribution in [2.45, 2.75) is 59.9 Å². The Morgan fingerprint density at radius 2 is 0.771 bits per heavy atom. The number of aliphatic hydroxyl groups is 1. The van der Waals surface area contributed by atoms with Crippen molar-refractivity contribution in [2.24, 2.45) is 0 Å². The molecule has 0 bridgehead atoms. The summed E-state index contributed by atoms with van der Waals surface area (Å²) >= 11 is 0. The highest BCUT2D eigenvalue weighted by Gasteiger charge is 2.17. The molecule has 0 aromatic carbocycles. The molecule has 0 radical (unpaired) electrons. The summed E-state index contributed by atoms with van der Waals surface area (Å²) in [5.74, 6) is -3.09. The molecule has 0 spiro atoms. The number of carbonyl (C=O) groups is 6. The molecule has 0 aliphatic rings. The van der Waals surface area contributed by atoms with E-state index in [0.717, 1.165) is 0 Å². The number of ether oxygens (including phenoxy) is 7. The van der Waals surface area contributed by atoms with Gasteiger partial charge in [0.1, 0.15) is 25.9 Å². The Labute approximate surface area is 203 Å². The van der Waals surface area contributed by atoms with Crippen LogP contribution in [0.5, 0.6) is 0 Å². The third-order valence-corrected chi connectivity index (χ3v) is 3.23. The molecule has 0 saturated carbocycles. The fourth-order valence-corrected chi connectivity index (χ4v) is 2.02. The van der Waals surface area contributed by atoms with Crippen LogP contribution < -0.4 is 0 Å². The lowest BCUT2D eigenvalue weighted by molar-refractivity contribution is -0.163. The second kappa shape index (κ2) is 20.1. The fraction of sp³-hybridized carbons (Fsp3) is 0.714. The van der Waals surface area contributed by atoms with Gasteiger partial charge in [-0.05, 0) is 0 Å². The van der Waals surface area contributed by atoms with Gasteiger partial charge in [-0.15, -0.1) is 0 Å². The minimum Gasteiger partial charge on any atom is -0.462 e. The maximum Gasteiger partial charge on any atom is 0.303 e. The highest BCUT2D eigenvalue weighted by atomic mass is 16.6. The minimum absolute atomic E-state index is 0.0510. The van der Waals surface area contributed by atoms with E-state index in [4.69, 9.17) is 28.8 Å². The Morgan fingerprint density at radius 1 is 0.486 bits per heavy atom. The van der Waals surface area contributed by atoms with Gasteiger partial charge in [-0.25, -0.2) is 0 Å². The molecule has 14 nitrogen and oxygen atoms in total. The fourth-order valence-electron chi connectivity index (χ4n) is 2.02. The van der Waals surface area contributed by atoms with Gasteiger partial charge in [0.25, 0.3) is 0 Å². The molecule has 0 fully saturated rings. The highest BCUT2D eigenvalue weighted by Crippen LogP contribution is 2.00. The van der Waals surface area contributed by atoms with E-state index in [2.05, 4.69) is 9.47 Å². The lowest BCUT2D eigenvalue weighted by Gasteiger charge is -2.19. The third-order valence-electron chi connectivity index (χ3n) is 3.23. The zero-order chi connectivity index (χ0) is 27.4. The molecule has 2 unspecified atom stereocenters. The van der Waals surface area contributed by atoms with Crippen molar-refractivity contribution in [3.63, 3.8) is 0 Å². The molecule has 0 aliphatic carbocycles. The zero-order valence-corrected chi connectivity index (χ0v) is 20.7. The van der Waals surface area contributed by atoms with Crippen molar-refractivity contribution in [1.29, 1.82) is 0 Å². The molecular weight excluding hydrogens is 476 g/mol. The molecule has 0 saturated heterocycles. The van der Waals surface area contributed by atoms with E-state index >= 15 is 0 Å². The Balaban J connectivity index is 0. The Kier molecular flexibility index (Phi) is 19.5. The molecule has 0 aromatic rings. The van der Waals surface area contributed by atoms with Crippen LogP contribution in [0.15, 0.2) is 0 Å². The first kappa shape index (κ1) is 33.9. The molecule has 0 heterocycles. The third kappa shape index (κ3) is 25.2. The Morgan fingerprint density at radius 3 is 1.06 bits per heavy atom. The first-order chi connectivity index (χ1) is 16.3. The van der Waals surface area contributed by atoms with E-state index in [9.17, 15) is 28.8 Å². The molecule has 0 rings (SSSR count). The number of hydrogen-bond donors (Lipinski definition) is 1. The van der Waals surface area contributed by atoms with Crippen LogP contribution in [0.25, 0.3) is 0 Å². The van der Waals surface area contributed by atoms with E-state index in [0.29, 0.717) is 0 Å². The smallest absolute Gasteiger partial charge is 0.303 e. The lowest BCUT2D eigenvalue weighted by Crippen LogP contribution is -2.32. The molecule has 2 atom stereocenters. The van der Waals surface area contributed by atoms with E-state index in [-0.39, 0.29) is 39.6 Å². The second-order valence-electron chi connectivity index (χ2n) is 6.82. The summed E-state index contributed by atoms with van der Waals surface area (Å²) < 4.78 is 33.6. The van der Waals surface area contributed by atoms with Crippen LogP contribution in [0, 0.1) is 0 Å². The van der Waals surface area contributed by atoms with Crippen LogP contribution in [0.4, 0.5) is 0 Å². The Hall–Kier alpha value is -3.26. The lowest BCUT2D eigenvalue weighted by atomic mass is 10.3. The molecule has 35 heavy (non-hydrogen) atoms. The summed E-state index contributed by atoms with van der Waals surface area (Å²) in [5.41, 5.74) is 0. The average molecular weight is 510 g/mol. The van der Waals surface area contributed by atoms with Gasteiger partial charge in [-0.1, -0.05) is 0 Å². The summed E-state index contributed by atoms with van der Waals surface area (Å²) in [6.45, 7) is 6.47. The van der Waals surface area contributed by atoms with Crippen LogP contribution in [-0.4, -0.2) is 98.9 Å². The molecule has 1 N–H and O–H groups in total. The van der Waals surface area contributed by atoms with Crippen molar-refractivity contribution in [2.75, 3.05) is 39.6 Å². The largest absolute Gasteiger partial charge is 0.462 e. The molecular formula is C21H34O14. The summed E-state index contributed by atoms with van der Waals surface area (Å²) in [6, 6.07) is 0. The van der Waals surface area contributed by atoms with Crippen LogP contribution >= 0.6 is 0 Å². The van der Waals surface area contributed by atoms with E-state index in [1.807, 2.05) is 0 Å². The van der Waals surface area contributed by atoms with Gasteiger partial charge in [0.2, 0.25) is 0 Å². The van der Waals surface area contributed by atoms with E-state index in [1.165, 1.54) is 41.5 Å². The molecule has 0 aromatic heterocycles. The summed E-state index contributed by atoms with van der Waals surface area (Å²) in [4.78, 5) is 63.9. The van der Waals surface area contributed by atoms with Gasteiger partial charge < -0.3 is 38.3 Å². The highest BCUT2D eigenvalue weighted by molar-refractivity contribution is 5.68. The predicted molar refractivity (Wildman–Crippen MR) is 114 cm³/mol. The maximum absolute atomic E-state index is 10.9. The van der Waals surface area contributed by atoms with Crippen LogP contribution in [0.1, 0.15) is 41.5 Å². The molecule has 0 aliphatic heterocycles. The van der Waals surface area contributed by atoms with Gasteiger partial charge in [0.15, 0.2) is 12.2 Å².